The molecule has 0 atom stereocenters. The van der Waals surface area contributed by atoms with Gasteiger partial charge < -0.3 is 15.3 Å². The SMILES string of the molecule is CN(c1cc(NCCCC(=O)O)ncn1)C(C)(C)C. The van der Waals surface area contributed by atoms with E-state index in [9.17, 15) is 4.79 Å². The fourth-order valence-electron chi connectivity index (χ4n) is 1.43. The lowest BCUT2D eigenvalue weighted by atomic mass is 10.1. The molecule has 106 valence electrons. The molecule has 2 N–H and O–H groups in total. The Hall–Kier alpha value is -1.85. The van der Waals surface area contributed by atoms with Gasteiger partial charge >= 0.3 is 5.97 Å². The molecule has 19 heavy (non-hydrogen) atoms. The number of nitrogens with one attached hydrogen (secondary N) is 1. The van der Waals surface area contributed by atoms with E-state index in [1.165, 1.54) is 6.33 Å². The van der Waals surface area contributed by atoms with E-state index in [2.05, 4.69) is 41.0 Å². The molecular formula is C13H22N4O2. The summed E-state index contributed by atoms with van der Waals surface area (Å²) in [6.07, 6.45) is 2.24. The van der Waals surface area contributed by atoms with E-state index >= 15 is 0 Å². The van der Waals surface area contributed by atoms with E-state index in [1.54, 1.807) is 0 Å². The van der Waals surface area contributed by atoms with Crippen LogP contribution in [0.2, 0.25) is 0 Å². The maximum absolute atomic E-state index is 10.4. The molecular weight excluding hydrogens is 244 g/mol. The van der Waals surface area contributed by atoms with E-state index in [-0.39, 0.29) is 12.0 Å². The van der Waals surface area contributed by atoms with Crippen molar-refractivity contribution in [3.8, 4) is 0 Å². The fraction of sp³-hybridized carbons (Fsp3) is 0.615. The van der Waals surface area contributed by atoms with Crippen molar-refractivity contribution in [3.63, 3.8) is 0 Å². The van der Waals surface area contributed by atoms with Gasteiger partial charge in [-0.15, -0.1) is 0 Å². The summed E-state index contributed by atoms with van der Waals surface area (Å²) in [7, 11) is 1.98. The zero-order chi connectivity index (χ0) is 14.5. The summed E-state index contributed by atoms with van der Waals surface area (Å²) in [5, 5.41) is 11.7. The Kier molecular flexibility index (Phi) is 5.09. The molecule has 6 nitrogen and oxygen atoms in total. The molecule has 6 heteroatoms. The number of hydrogen-bond donors (Lipinski definition) is 2. The zero-order valence-electron chi connectivity index (χ0n) is 12.0. The van der Waals surface area contributed by atoms with Crippen LogP contribution in [-0.4, -0.2) is 40.2 Å². The number of carboxylic acids is 1. The lowest BCUT2D eigenvalue weighted by Crippen LogP contribution is -2.38. The average molecular weight is 266 g/mol. The number of rotatable bonds is 6. The van der Waals surface area contributed by atoms with Gasteiger partial charge in [0.05, 0.1) is 0 Å². The quantitative estimate of drug-likeness (QED) is 0.767. The van der Waals surface area contributed by atoms with E-state index in [1.807, 2.05) is 13.1 Å². The zero-order valence-corrected chi connectivity index (χ0v) is 12.0. The monoisotopic (exact) mass is 266 g/mol. The topological polar surface area (TPSA) is 78.4 Å². The predicted molar refractivity (Wildman–Crippen MR) is 75.5 cm³/mol. The molecule has 0 spiro atoms. The summed E-state index contributed by atoms with van der Waals surface area (Å²) in [5.41, 5.74) is -0.0189. The van der Waals surface area contributed by atoms with Crippen molar-refractivity contribution in [1.29, 1.82) is 0 Å². The first kappa shape index (κ1) is 15.2. The summed E-state index contributed by atoms with van der Waals surface area (Å²) in [6, 6.07) is 1.87. The number of nitrogens with zero attached hydrogens (tertiary/aromatic N) is 3. The first-order valence-electron chi connectivity index (χ1n) is 6.32. The summed E-state index contributed by atoms with van der Waals surface area (Å²) in [6.45, 7) is 6.90. The highest BCUT2D eigenvalue weighted by Crippen LogP contribution is 2.20. The van der Waals surface area contributed by atoms with E-state index in [0.29, 0.717) is 18.8 Å². The summed E-state index contributed by atoms with van der Waals surface area (Å²) in [4.78, 5) is 20.8. The first-order chi connectivity index (χ1) is 8.80. The summed E-state index contributed by atoms with van der Waals surface area (Å²) in [5.74, 6) is 0.771. The molecule has 0 fully saturated rings. The van der Waals surface area contributed by atoms with Gasteiger partial charge in [-0.2, -0.15) is 0 Å². The van der Waals surface area contributed by atoms with Crippen molar-refractivity contribution >= 4 is 17.6 Å². The Balaban J connectivity index is 2.60. The Bertz CT molecular complexity index is 429. The van der Waals surface area contributed by atoms with Gasteiger partial charge in [-0.3, -0.25) is 4.79 Å². The second-order valence-corrected chi connectivity index (χ2v) is 5.42. The molecule has 1 aromatic heterocycles. The van der Waals surface area contributed by atoms with Crippen LogP contribution in [0.5, 0.6) is 0 Å². The van der Waals surface area contributed by atoms with Gasteiger partial charge in [0, 0.05) is 31.6 Å². The molecule has 0 radical (unpaired) electrons. The van der Waals surface area contributed by atoms with Gasteiger partial charge in [0.2, 0.25) is 0 Å². The van der Waals surface area contributed by atoms with Gasteiger partial charge in [-0.25, -0.2) is 9.97 Å². The van der Waals surface area contributed by atoms with Crippen molar-refractivity contribution in [1.82, 2.24) is 9.97 Å². The van der Waals surface area contributed by atoms with Gasteiger partial charge in [-0.05, 0) is 27.2 Å². The van der Waals surface area contributed by atoms with Crippen LogP contribution in [0.1, 0.15) is 33.6 Å². The number of carbonyl (C=O) groups is 1. The standard InChI is InChI=1S/C13H22N4O2/c1-13(2,3)17(4)11-8-10(15-9-16-11)14-7-5-6-12(18)19/h8-9H,5-7H2,1-4H3,(H,18,19)(H,14,15,16). The number of anilines is 2. The molecule has 0 unspecified atom stereocenters. The Morgan fingerprint density at radius 2 is 2.11 bits per heavy atom. The Morgan fingerprint density at radius 1 is 1.42 bits per heavy atom. The largest absolute Gasteiger partial charge is 0.481 e. The minimum Gasteiger partial charge on any atom is -0.481 e. The van der Waals surface area contributed by atoms with Crippen molar-refractivity contribution in [2.24, 2.45) is 0 Å². The molecule has 1 aromatic rings. The van der Waals surface area contributed by atoms with Crippen molar-refractivity contribution in [2.75, 3.05) is 23.8 Å². The fourth-order valence-corrected chi connectivity index (χ4v) is 1.43. The third-order valence-corrected chi connectivity index (χ3v) is 2.88. The molecule has 0 saturated heterocycles. The number of aromatic nitrogens is 2. The van der Waals surface area contributed by atoms with Gasteiger partial charge in [-0.1, -0.05) is 0 Å². The average Bonchev–Trinajstić information content (AvgIpc) is 2.33. The summed E-state index contributed by atoms with van der Waals surface area (Å²) >= 11 is 0. The lowest BCUT2D eigenvalue weighted by molar-refractivity contribution is -0.137. The molecule has 1 heterocycles. The van der Waals surface area contributed by atoms with Gasteiger partial charge in [0.1, 0.15) is 18.0 Å². The van der Waals surface area contributed by atoms with Crippen LogP contribution in [0.4, 0.5) is 11.6 Å². The third-order valence-electron chi connectivity index (χ3n) is 2.88. The minimum atomic E-state index is -0.780. The second-order valence-electron chi connectivity index (χ2n) is 5.42. The molecule has 0 aromatic carbocycles. The van der Waals surface area contributed by atoms with Gasteiger partial charge in [0.15, 0.2) is 0 Å². The first-order valence-corrected chi connectivity index (χ1v) is 6.32. The third kappa shape index (κ3) is 5.11. The molecule has 1 rings (SSSR count). The second kappa shape index (κ2) is 6.36. The van der Waals surface area contributed by atoms with E-state index in [0.717, 1.165) is 5.82 Å². The van der Waals surface area contributed by atoms with Crippen molar-refractivity contribution in [3.05, 3.63) is 12.4 Å². The molecule has 0 aliphatic carbocycles. The van der Waals surface area contributed by atoms with Crippen LogP contribution >= 0.6 is 0 Å². The predicted octanol–water partition coefficient (Wildman–Crippen LogP) is 1.99. The number of carboxylic acid groups (broad SMARTS) is 1. The Labute approximate surface area is 113 Å². The van der Waals surface area contributed by atoms with Crippen LogP contribution in [0.15, 0.2) is 12.4 Å². The maximum atomic E-state index is 10.4. The van der Waals surface area contributed by atoms with Crippen molar-refractivity contribution in [2.45, 2.75) is 39.2 Å². The smallest absolute Gasteiger partial charge is 0.303 e. The van der Waals surface area contributed by atoms with Crippen LogP contribution in [-0.2, 0) is 4.79 Å². The van der Waals surface area contributed by atoms with Crippen LogP contribution < -0.4 is 10.2 Å². The maximum Gasteiger partial charge on any atom is 0.303 e. The van der Waals surface area contributed by atoms with Crippen LogP contribution in [0, 0.1) is 0 Å². The molecule has 0 amide bonds. The molecule has 0 saturated carbocycles. The summed E-state index contributed by atoms with van der Waals surface area (Å²) < 4.78 is 0. The number of aliphatic carboxylic acids is 1. The number of hydrogen-bond acceptors (Lipinski definition) is 5. The van der Waals surface area contributed by atoms with E-state index < -0.39 is 5.97 Å². The Morgan fingerprint density at radius 3 is 2.68 bits per heavy atom. The molecule has 0 aliphatic rings. The lowest BCUT2D eigenvalue weighted by Gasteiger charge is -2.33. The highest BCUT2D eigenvalue weighted by atomic mass is 16.4. The minimum absolute atomic E-state index is 0.0189. The van der Waals surface area contributed by atoms with E-state index in [4.69, 9.17) is 5.11 Å². The molecule has 0 bridgehead atoms. The van der Waals surface area contributed by atoms with Crippen molar-refractivity contribution < 1.29 is 9.90 Å². The van der Waals surface area contributed by atoms with Crippen LogP contribution in [0.3, 0.4) is 0 Å². The molecule has 0 aliphatic heterocycles. The van der Waals surface area contributed by atoms with Crippen LogP contribution in [0.25, 0.3) is 0 Å². The van der Waals surface area contributed by atoms with Gasteiger partial charge in [0.25, 0.3) is 0 Å². The highest BCUT2D eigenvalue weighted by molar-refractivity contribution is 5.66. The normalized spacial score (nSPS) is 11.2. The highest BCUT2D eigenvalue weighted by Gasteiger charge is 2.18.